The minimum Gasteiger partial charge on any atom is -0.444 e. The lowest BCUT2D eigenvalue weighted by molar-refractivity contribution is -0.125. The number of alkyl carbamates (subject to hydrolysis) is 1. The second-order valence-corrected chi connectivity index (χ2v) is 13.6. The van der Waals surface area contributed by atoms with Crippen molar-refractivity contribution in [3.05, 3.63) is 29.8 Å². The van der Waals surface area contributed by atoms with Crippen LogP contribution in [0.1, 0.15) is 99.5 Å². The highest BCUT2D eigenvalue weighted by Gasteiger charge is 2.36. The van der Waals surface area contributed by atoms with Gasteiger partial charge in [-0.2, -0.15) is 0 Å². The molecule has 0 aromatic heterocycles. The van der Waals surface area contributed by atoms with E-state index in [1.807, 2.05) is 45.0 Å². The van der Waals surface area contributed by atoms with E-state index in [2.05, 4.69) is 16.0 Å². The molecule has 0 saturated heterocycles. The van der Waals surface area contributed by atoms with Crippen molar-refractivity contribution in [3.8, 4) is 0 Å². The molecule has 1 aromatic rings. The Morgan fingerprint density at radius 3 is 2.40 bits per heavy atom. The fourth-order valence-electron chi connectivity index (χ4n) is 5.37. The van der Waals surface area contributed by atoms with Gasteiger partial charge in [-0.1, -0.05) is 59.2 Å². The second-order valence-electron chi connectivity index (χ2n) is 13.6. The summed E-state index contributed by atoms with van der Waals surface area (Å²) in [4.78, 5) is 53.1. The van der Waals surface area contributed by atoms with Crippen LogP contribution in [-0.4, -0.2) is 65.8 Å². The van der Waals surface area contributed by atoms with Crippen molar-refractivity contribution in [2.75, 3.05) is 18.0 Å². The third kappa shape index (κ3) is 12.2. The highest BCUT2D eigenvalue weighted by atomic mass is 16.6. The zero-order valence-corrected chi connectivity index (χ0v) is 27.4. The minimum atomic E-state index is -1.04. The molecule has 10 nitrogen and oxygen atoms in total. The van der Waals surface area contributed by atoms with Gasteiger partial charge in [0.1, 0.15) is 5.60 Å². The maximum absolute atomic E-state index is 13.8. The van der Waals surface area contributed by atoms with Crippen molar-refractivity contribution in [1.82, 2.24) is 16.0 Å². The number of unbranched alkanes of at least 4 members (excludes halogenated alkanes) is 1. The number of nitrogens with zero attached hydrogens (tertiary/aromatic N) is 1. The molecule has 10 heteroatoms. The van der Waals surface area contributed by atoms with Crippen LogP contribution in [0.15, 0.2) is 24.3 Å². The predicted octanol–water partition coefficient (Wildman–Crippen LogP) is 4.47. The molecule has 0 saturated carbocycles. The van der Waals surface area contributed by atoms with Crippen molar-refractivity contribution in [1.29, 1.82) is 0 Å². The smallest absolute Gasteiger partial charge is 0.407 e. The number of hydrogen-bond donors (Lipinski definition) is 4. The Labute approximate surface area is 257 Å². The SMILES string of the molecule is CCCCNC(=O)[C@H](C)C[C@H](O)[C@H](CC(C)(C)CC(=O)N1CC(NC(=O)CC)Cc2ccccc21)NC(=O)OC(C)(C)C. The molecule has 4 N–H and O–H groups in total. The molecule has 242 valence electrons. The third-order valence-corrected chi connectivity index (χ3v) is 7.58. The summed E-state index contributed by atoms with van der Waals surface area (Å²) < 4.78 is 5.47. The normalized spacial score (nSPS) is 17.2. The summed E-state index contributed by atoms with van der Waals surface area (Å²) >= 11 is 0. The summed E-state index contributed by atoms with van der Waals surface area (Å²) in [6, 6.07) is 6.76. The zero-order valence-electron chi connectivity index (χ0n) is 27.4. The molecule has 4 amide bonds. The van der Waals surface area contributed by atoms with Crippen molar-refractivity contribution in [2.45, 2.75) is 124 Å². The van der Waals surface area contributed by atoms with Crippen LogP contribution in [-0.2, 0) is 25.5 Å². The van der Waals surface area contributed by atoms with Crippen molar-refractivity contribution in [2.24, 2.45) is 11.3 Å². The Morgan fingerprint density at radius 2 is 1.77 bits per heavy atom. The van der Waals surface area contributed by atoms with Gasteiger partial charge in [-0.05, 0) is 63.5 Å². The standard InChI is InChI=1S/C33H54N4O6/c1-9-11-16-34-30(41)22(3)17-27(38)25(36-31(42)43-32(4,5)6)19-33(7,8)20-29(40)37-21-24(35-28(39)10-2)18-23-14-12-13-15-26(23)37/h12-15,22,24-25,27,38H,9-11,16-21H2,1-8H3,(H,34,41)(H,35,39)(H,36,42)/t22-,24?,25+,27+/m1/s1. The number of nitrogens with one attached hydrogen (secondary N) is 3. The zero-order chi connectivity index (χ0) is 32.4. The third-order valence-electron chi connectivity index (χ3n) is 7.58. The van der Waals surface area contributed by atoms with Gasteiger partial charge in [-0.25, -0.2) is 4.79 Å². The van der Waals surface area contributed by atoms with Gasteiger partial charge in [-0.3, -0.25) is 14.4 Å². The first-order valence-electron chi connectivity index (χ1n) is 15.7. The molecule has 1 heterocycles. The summed E-state index contributed by atoms with van der Waals surface area (Å²) in [5, 5.41) is 20.0. The first-order chi connectivity index (χ1) is 20.0. The van der Waals surface area contributed by atoms with Gasteiger partial charge < -0.3 is 30.7 Å². The molecule has 0 bridgehead atoms. The number of benzene rings is 1. The van der Waals surface area contributed by atoms with E-state index in [4.69, 9.17) is 4.74 Å². The Hall–Kier alpha value is -3.14. The van der Waals surface area contributed by atoms with Crippen LogP contribution in [0.4, 0.5) is 10.5 Å². The van der Waals surface area contributed by atoms with Gasteiger partial charge in [-0.15, -0.1) is 0 Å². The second kappa shape index (κ2) is 16.1. The molecule has 4 atom stereocenters. The summed E-state index contributed by atoms with van der Waals surface area (Å²) in [6.07, 6.45) is 1.69. The van der Waals surface area contributed by atoms with Crippen LogP contribution in [0.3, 0.4) is 0 Å². The lowest BCUT2D eigenvalue weighted by atomic mass is 9.79. The summed E-state index contributed by atoms with van der Waals surface area (Å²) in [6.45, 7) is 15.7. The largest absolute Gasteiger partial charge is 0.444 e. The van der Waals surface area contributed by atoms with Gasteiger partial charge >= 0.3 is 6.09 Å². The number of para-hydroxylation sites is 1. The number of aliphatic hydroxyl groups excluding tert-OH is 1. The maximum Gasteiger partial charge on any atom is 0.407 e. The van der Waals surface area contributed by atoms with Gasteiger partial charge in [0, 0.05) is 37.5 Å². The van der Waals surface area contributed by atoms with Crippen molar-refractivity contribution >= 4 is 29.5 Å². The van der Waals surface area contributed by atoms with E-state index in [0.717, 1.165) is 24.1 Å². The van der Waals surface area contributed by atoms with E-state index >= 15 is 0 Å². The van der Waals surface area contributed by atoms with Gasteiger partial charge in [0.25, 0.3) is 0 Å². The summed E-state index contributed by atoms with van der Waals surface area (Å²) in [5.41, 5.74) is 0.450. The van der Waals surface area contributed by atoms with Crippen LogP contribution >= 0.6 is 0 Å². The number of anilines is 1. The molecule has 1 aromatic carbocycles. The monoisotopic (exact) mass is 602 g/mol. The average Bonchev–Trinajstić information content (AvgIpc) is 2.90. The molecule has 1 unspecified atom stereocenters. The van der Waals surface area contributed by atoms with E-state index in [0.29, 0.717) is 25.9 Å². The topological polar surface area (TPSA) is 137 Å². The Kier molecular flexibility index (Phi) is 13.5. The number of aliphatic hydroxyl groups is 1. The number of rotatable bonds is 14. The fourth-order valence-corrected chi connectivity index (χ4v) is 5.37. The quantitative estimate of drug-likeness (QED) is 0.232. The molecular weight excluding hydrogens is 548 g/mol. The first-order valence-corrected chi connectivity index (χ1v) is 15.7. The van der Waals surface area contributed by atoms with E-state index in [1.54, 1.807) is 39.5 Å². The molecule has 43 heavy (non-hydrogen) atoms. The minimum absolute atomic E-state index is 0.0598. The molecule has 0 fully saturated rings. The number of amides is 4. The van der Waals surface area contributed by atoms with Crippen molar-refractivity contribution < 1.29 is 29.0 Å². The van der Waals surface area contributed by atoms with Crippen LogP contribution in [0, 0.1) is 11.3 Å². The Bertz CT molecular complexity index is 1100. The van der Waals surface area contributed by atoms with E-state index in [9.17, 15) is 24.3 Å². The van der Waals surface area contributed by atoms with Crippen LogP contribution in [0.25, 0.3) is 0 Å². The molecule has 1 aliphatic heterocycles. The van der Waals surface area contributed by atoms with E-state index < -0.39 is 35.2 Å². The predicted molar refractivity (Wildman–Crippen MR) is 169 cm³/mol. The highest BCUT2D eigenvalue weighted by Crippen LogP contribution is 2.33. The molecular formula is C33H54N4O6. The number of carbonyl (C=O) groups excluding carboxylic acids is 4. The van der Waals surface area contributed by atoms with Gasteiger partial charge in [0.15, 0.2) is 0 Å². The van der Waals surface area contributed by atoms with Crippen LogP contribution in [0.5, 0.6) is 0 Å². The fraction of sp³-hybridized carbons (Fsp3) is 0.697. The summed E-state index contributed by atoms with van der Waals surface area (Å²) in [7, 11) is 0. The lowest BCUT2D eigenvalue weighted by Gasteiger charge is -2.38. The first kappa shape index (κ1) is 36.1. The van der Waals surface area contributed by atoms with Crippen molar-refractivity contribution in [3.63, 3.8) is 0 Å². The van der Waals surface area contributed by atoms with E-state index in [-0.39, 0.29) is 43.0 Å². The Balaban J connectivity index is 2.21. The molecule has 1 aliphatic rings. The maximum atomic E-state index is 13.8. The average molecular weight is 603 g/mol. The van der Waals surface area contributed by atoms with Crippen LogP contribution in [0.2, 0.25) is 0 Å². The van der Waals surface area contributed by atoms with Gasteiger partial charge in [0.05, 0.1) is 18.2 Å². The number of fused-ring (bicyclic) bond motifs is 1. The molecule has 2 rings (SSSR count). The molecule has 0 aliphatic carbocycles. The lowest BCUT2D eigenvalue weighted by Crippen LogP contribution is -2.51. The molecule has 0 radical (unpaired) electrons. The number of carbonyl (C=O) groups is 4. The molecule has 0 spiro atoms. The van der Waals surface area contributed by atoms with E-state index in [1.165, 1.54) is 0 Å². The number of ether oxygens (including phenoxy) is 1. The Morgan fingerprint density at radius 1 is 1.09 bits per heavy atom. The highest BCUT2D eigenvalue weighted by molar-refractivity contribution is 5.95. The van der Waals surface area contributed by atoms with Crippen LogP contribution < -0.4 is 20.9 Å². The summed E-state index contributed by atoms with van der Waals surface area (Å²) in [5.74, 6) is -0.788. The number of hydrogen-bond acceptors (Lipinski definition) is 6. The van der Waals surface area contributed by atoms with Gasteiger partial charge in [0.2, 0.25) is 17.7 Å².